The SMILES string of the molecule is CCOC(=O)c1c(-c2cccc(F)c2)c(Cl)n2c1CNCC2. The third-order valence-corrected chi connectivity index (χ3v) is 4.10. The quantitative estimate of drug-likeness (QED) is 0.882. The average Bonchev–Trinajstić information content (AvgIpc) is 2.81. The first kappa shape index (κ1) is 15.1. The number of hydrogen-bond donors (Lipinski definition) is 1. The van der Waals surface area contributed by atoms with Crippen molar-refractivity contribution in [3.8, 4) is 11.1 Å². The van der Waals surface area contributed by atoms with Gasteiger partial charge in [-0.15, -0.1) is 0 Å². The third-order valence-electron chi connectivity index (χ3n) is 3.71. The molecule has 0 radical (unpaired) electrons. The maximum absolute atomic E-state index is 13.6. The number of nitrogens with one attached hydrogen (secondary N) is 1. The van der Waals surface area contributed by atoms with E-state index in [9.17, 15) is 9.18 Å². The summed E-state index contributed by atoms with van der Waals surface area (Å²) in [4.78, 5) is 12.4. The van der Waals surface area contributed by atoms with Crippen LogP contribution in [0.15, 0.2) is 24.3 Å². The number of rotatable bonds is 3. The number of halogens is 2. The highest BCUT2D eigenvalue weighted by Crippen LogP contribution is 2.38. The lowest BCUT2D eigenvalue weighted by Gasteiger charge is -2.18. The van der Waals surface area contributed by atoms with Gasteiger partial charge in [0.15, 0.2) is 0 Å². The summed E-state index contributed by atoms with van der Waals surface area (Å²) in [5.74, 6) is -0.799. The average molecular weight is 323 g/mol. The van der Waals surface area contributed by atoms with Crippen molar-refractivity contribution in [1.82, 2.24) is 9.88 Å². The summed E-state index contributed by atoms with van der Waals surface area (Å²) in [6.07, 6.45) is 0. The van der Waals surface area contributed by atoms with Crippen LogP contribution in [0.25, 0.3) is 11.1 Å². The smallest absolute Gasteiger partial charge is 0.340 e. The van der Waals surface area contributed by atoms with Crippen molar-refractivity contribution in [2.45, 2.75) is 20.0 Å². The lowest BCUT2D eigenvalue weighted by Crippen LogP contribution is -2.29. The molecular formula is C16H16ClFN2O2. The molecule has 0 saturated heterocycles. The van der Waals surface area contributed by atoms with E-state index in [4.69, 9.17) is 16.3 Å². The monoisotopic (exact) mass is 322 g/mol. The van der Waals surface area contributed by atoms with E-state index in [1.54, 1.807) is 19.1 Å². The van der Waals surface area contributed by atoms with Crippen molar-refractivity contribution in [2.75, 3.05) is 13.2 Å². The molecule has 1 aliphatic rings. The summed E-state index contributed by atoms with van der Waals surface area (Å²) in [7, 11) is 0. The van der Waals surface area contributed by atoms with Crippen LogP contribution in [-0.2, 0) is 17.8 Å². The van der Waals surface area contributed by atoms with E-state index in [1.807, 2.05) is 4.57 Å². The largest absolute Gasteiger partial charge is 0.462 e. The number of hydrogen-bond acceptors (Lipinski definition) is 3. The van der Waals surface area contributed by atoms with Crippen LogP contribution in [0.1, 0.15) is 23.0 Å². The third kappa shape index (κ3) is 2.51. The highest BCUT2D eigenvalue weighted by Gasteiger charge is 2.29. The molecule has 6 heteroatoms. The first-order chi connectivity index (χ1) is 10.6. The number of aromatic nitrogens is 1. The Balaban J connectivity index is 2.23. The van der Waals surface area contributed by atoms with Gasteiger partial charge in [0.05, 0.1) is 12.2 Å². The second-order valence-corrected chi connectivity index (χ2v) is 5.40. The van der Waals surface area contributed by atoms with Crippen molar-refractivity contribution in [3.63, 3.8) is 0 Å². The lowest BCUT2D eigenvalue weighted by molar-refractivity contribution is 0.0525. The van der Waals surface area contributed by atoms with E-state index >= 15 is 0 Å². The minimum atomic E-state index is -0.430. The number of ether oxygens (including phenoxy) is 1. The molecular weight excluding hydrogens is 307 g/mol. The van der Waals surface area contributed by atoms with E-state index in [0.29, 0.717) is 34.9 Å². The molecule has 1 aromatic heterocycles. The Kier molecular flexibility index (Phi) is 4.18. The fraction of sp³-hybridized carbons (Fsp3) is 0.312. The zero-order chi connectivity index (χ0) is 15.7. The first-order valence-electron chi connectivity index (χ1n) is 7.18. The Hall–Kier alpha value is -1.85. The van der Waals surface area contributed by atoms with Crippen LogP contribution in [0.5, 0.6) is 0 Å². The lowest BCUT2D eigenvalue weighted by atomic mass is 10.0. The Morgan fingerprint density at radius 1 is 1.50 bits per heavy atom. The molecule has 0 unspecified atom stereocenters. The fourth-order valence-corrected chi connectivity index (χ4v) is 3.17. The predicted molar refractivity (Wildman–Crippen MR) is 82.5 cm³/mol. The Labute approximate surface area is 132 Å². The van der Waals surface area contributed by atoms with Gasteiger partial charge in [-0.25, -0.2) is 9.18 Å². The molecule has 22 heavy (non-hydrogen) atoms. The summed E-state index contributed by atoms with van der Waals surface area (Å²) in [5, 5.41) is 3.67. The van der Waals surface area contributed by atoms with Gasteiger partial charge in [0, 0.05) is 30.9 Å². The molecule has 0 aliphatic carbocycles. The van der Waals surface area contributed by atoms with Crippen LogP contribution in [0, 0.1) is 5.82 Å². The summed E-state index contributed by atoms with van der Waals surface area (Å²) in [6.45, 7) is 3.99. The molecule has 4 nitrogen and oxygen atoms in total. The topological polar surface area (TPSA) is 43.3 Å². The number of benzene rings is 1. The van der Waals surface area contributed by atoms with E-state index in [0.717, 1.165) is 12.2 Å². The first-order valence-corrected chi connectivity index (χ1v) is 7.56. The molecule has 0 fully saturated rings. The van der Waals surface area contributed by atoms with Gasteiger partial charge < -0.3 is 14.6 Å². The summed E-state index contributed by atoms with van der Waals surface area (Å²) >= 11 is 6.48. The van der Waals surface area contributed by atoms with E-state index in [1.165, 1.54) is 12.1 Å². The van der Waals surface area contributed by atoms with Gasteiger partial charge in [-0.05, 0) is 24.6 Å². The number of nitrogens with zero attached hydrogens (tertiary/aromatic N) is 1. The molecule has 0 atom stereocenters. The summed E-state index contributed by atoms with van der Waals surface area (Å²) < 4.78 is 20.6. The van der Waals surface area contributed by atoms with Crippen molar-refractivity contribution < 1.29 is 13.9 Å². The van der Waals surface area contributed by atoms with Crippen LogP contribution in [0.2, 0.25) is 5.15 Å². The minimum Gasteiger partial charge on any atom is -0.462 e. The molecule has 2 heterocycles. The van der Waals surface area contributed by atoms with Crippen molar-refractivity contribution in [2.24, 2.45) is 0 Å². The molecule has 0 amide bonds. The summed E-state index contributed by atoms with van der Waals surface area (Å²) in [5.41, 5.74) is 2.33. The van der Waals surface area contributed by atoms with Gasteiger partial charge in [-0.3, -0.25) is 0 Å². The second-order valence-electron chi connectivity index (χ2n) is 5.05. The van der Waals surface area contributed by atoms with Gasteiger partial charge in [-0.1, -0.05) is 23.7 Å². The van der Waals surface area contributed by atoms with E-state index < -0.39 is 5.97 Å². The zero-order valence-corrected chi connectivity index (χ0v) is 12.9. The van der Waals surface area contributed by atoms with Crippen LogP contribution in [0.3, 0.4) is 0 Å². The van der Waals surface area contributed by atoms with Gasteiger partial charge in [-0.2, -0.15) is 0 Å². The number of carbonyl (C=O) groups excluding carboxylic acids is 1. The summed E-state index contributed by atoms with van der Waals surface area (Å²) in [6, 6.07) is 6.08. The molecule has 3 rings (SSSR count). The normalized spacial score (nSPS) is 13.8. The molecule has 1 N–H and O–H groups in total. The van der Waals surface area contributed by atoms with Crippen molar-refractivity contribution >= 4 is 17.6 Å². The number of carbonyl (C=O) groups is 1. The Morgan fingerprint density at radius 2 is 2.32 bits per heavy atom. The highest BCUT2D eigenvalue weighted by molar-refractivity contribution is 6.33. The van der Waals surface area contributed by atoms with E-state index in [2.05, 4.69) is 5.32 Å². The molecule has 116 valence electrons. The maximum atomic E-state index is 13.6. The Bertz CT molecular complexity index is 727. The van der Waals surface area contributed by atoms with Crippen LogP contribution in [-0.4, -0.2) is 23.7 Å². The predicted octanol–water partition coefficient (Wildman–Crippen LogP) is 3.23. The van der Waals surface area contributed by atoms with Crippen LogP contribution >= 0.6 is 11.6 Å². The Morgan fingerprint density at radius 3 is 3.05 bits per heavy atom. The zero-order valence-electron chi connectivity index (χ0n) is 12.2. The van der Waals surface area contributed by atoms with Gasteiger partial charge >= 0.3 is 5.97 Å². The van der Waals surface area contributed by atoms with Gasteiger partial charge in [0.1, 0.15) is 11.0 Å². The molecule has 0 bridgehead atoms. The minimum absolute atomic E-state index is 0.275. The van der Waals surface area contributed by atoms with Crippen molar-refractivity contribution in [1.29, 1.82) is 0 Å². The van der Waals surface area contributed by atoms with Crippen LogP contribution in [0.4, 0.5) is 4.39 Å². The second kappa shape index (κ2) is 6.10. The molecule has 1 aliphatic heterocycles. The fourth-order valence-electron chi connectivity index (χ4n) is 2.78. The van der Waals surface area contributed by atoms with Gasteiger partial charge in [0.2, 0.25) is 0 Å². The van der Waals surface area contributed by atoms with E-state index in [-0.39, 0.29) is 12.4 Å². The molecule has 2 aromatic rings. The highest BCUT2D eigenvalue weighted by atomic mass is 35.5. The number of fused-ring (bicyclic) bond motifs is 1. The van der Waals surface area contributed by atoms with Gasteiger partial charge in [0.25, 0.3) is 0 Å². The van der Waals surface area contributed by atoms with Crippen LogP contribution < -0.4 is 5.32 Å². The molecule has 0 spiro atoms. The molecule has 0 saturated carbocycles. The molecule has 1 aromatic carbocycles. The standard InChI is InChI=1S/C16H16ClFN2O2/c1-2-22-16(21)14-12-9-19-6-7-20(12)15(17)13(14)10-4-3-5-11(18)8-10/h3-5,8,19H,2,6-7,9H2,1H3. The maximum Gasteiger partial charge on any atom is 0.340 e. The number of esters is 1. The van der Waals surface area contributed by atoms with Crippen molar-refractivity contribution in [3.05, 3.63) is 46.5 Å².